The summed E-state index contributed by atoms with van der Waals surface area (Å²) < 4.78 is 5.42. The first-order valence-corrected chi connectivity index (χ1v) is 7.83. The molecular formula is C21H20O2. The van der Waals surface area contributed by atoms with E-state index in [2.05, 4.69) is 18.2 Å². The summed E-state index contributed by atoms with van der Waals surface area (Å²) in [7, 11) is 1.68. The van der Waals surface area contributed by atoms with Crippen LogP contribution in [0.3, 0.4) is 0 Å². The van der Waals surface area contributed by atoms with E-state index in [-0.39, 0.29) is 5.78 Å². The van der Waals surface area contributed by atoms with Gasteiger partial charge in [-0.3, -0.25) is 4.79 Å². The summed E-state index contributed by atoms with van der Waals surface area (Å²) in [6, 6.07) is 20.0. The van der Waals surface area contributed by atoms with Crippen LogP contribution in [-0.2, 0) is 6.42 Å². The molecule has 0 fully saturated rings. The van der Waals surface area contributed by atoms with Crippen LogP contribution in [0.4, 0.5) is 0 Å². The number of hydrogen-bond acceptors (Lipinski definition) is 2. The number of carbonyl (C=O) groups is 1. The molecule has 0 saturated carbocycles. The highest BCUT2D eigenvalue weighted by Gasteiger charge is 2.09. The average molecular weight is 304 g/mol. The number of ketones is 1. The van der Waals surface area contributed by atoms with E-state index in [4.69, 9.17) is 4.74 Å². The molecule has 0 saturated heterocycles. The number of aryl methyl sites for hydroxylation is 2. The zero-order valence-electron chi connectivity index (χ0n) is 13.5. The van der Waals surface area contributed by atoms with Crippen molar-refractivity contribution in [1.29, 1.82) is 0 Å². The molecule has 0 unspecified atom stereocenters. The topological polar surface area (TPSA) is 26.3 Å². The lowest BCUT2D eigenvalue weighted by molar-refractivity contribution is 0.0983. The number of Topliss-reactive ketones (excluding diaryl/α,β-unsaturated/α-hetero) is 1. The van der Waals surface area contributed by atoms with Gasteiger partial charge in [-0.15, -0.1) is 0 Å². The average Bonchev–Trinajstić information content (AvgIpc) is 2.60. The molecule has 0 aromatic heterocycles. The van der Waals surface area contributed by atoms with Crippen LogP contribution >= 0.6 is 0 Å². The van der Waals surface area contributed by atoms with Crippen molar-refractivity contribution in [3.8, 4) is 5.75 Å². The van der Waals surface area contributed by atoms with Gasteiger partial charge in [-0.1, -0.05) is 60.2 Å². The summed E-state index contributed by atoms with van der Waals surface area (Å²) in [6.07, 6.45) is 1.25. The van der Waals surface area contributed by atoms with Crippen molar-refractivity contribution in [3.63, 3.8) is 0 Å². The van der Waals surface area contributed by atoms with Crippen LogP contribution in [0.2, 0.25) is 0 Å². The minimum absolute atomic E-state index is 0.185. The lowest BCUT2D eigenvalue weighted by Crippen LogP contribution is -2.01. The fourth-order valence-corrected chi connectivity index (χ4v) is 2.86. The van der Waals surface area contributed by atoms with Crippen molar-refractivity contribution in [3.05, 3.63) is 77.4 Å². The van der Waals surface area contributed by atoms with E-state index < -0.39 is 0 Å². The van der Waals surface area contributed by atoms with E-state index in [9.17, 15) is 4.79 Å². The van der Waals surface area contributed by atoms with Gasteiger partial charge in [0.15, 0.2) is 5.78 Å². The lowest BCUT2D eigenvalue weighted by Gasteiger charge is -2.10. The Balaban J connectivity index is 1.82. The van der Waals surface area contributed by atoms with Gasteiger partial charge in [0.2, 0.25) is 0 Å². The predicted molar refractivity (Wildman–Crippen MR) is 94.3 cm³/mol. The number of rotatable bonds is 5. The molecule has 0 aliphatic rings. The van der Waals surface area contributed by atoms with Gasteiger partial charge >= 0.3 is 0 Å². The first-order valence-electron chi connectivity index (χ1n) is 7.83. The summed E-state index contributed by atoms with van der Waals surface area (Å²) in [5, 5.41) is 2.25. The van der Waals surface area contributed by atoms with Crippen molar-refractivity contribution in [2.45, 2.75) is 19.8 Å². The molecular weight excluding hydrogens is 284 g/mol. The molecule has 3 aromatic carbocycles. The van der Waals surface area contributed by atoms with Crippen LogP contribution in [0.1, 0.15) is 27.9 Å². The van der Waals surface area contributed by atoms with Crippen LogP contribution in [0.25, 0.3) is 10.8 Å². The van der Waals surface area contributed by atoms with Crippen LogP contribution in [0.15, 0.2) is 60.7 Å². The third-order valence-corrected chi connectivity index (χ3v) is 4.19. The second kappa shape index (κ2) is 6.66. The zero-order chi connectivity index (χ0) is 16.2. The monoisotopic (exact) mass is 304 g/mol. The second-order valence-corrected chi connectivity index (χ2v) is 5.76. The molecule has 0 heterocycles. The van der Waals surface area contributed by atoms with Crippen LogP contribution < -0.4 is 4.74 Å². The maximum atomic E-state index is 12.4. The highest BCUT2D eigenvalue weighted by Crippen LogP contribution is 2.29. The predicted octanol–water partition coefficient (Wildman–Crippen LogP) is 4.97. The van der Waals surface area contributed by atoms with E-state index in [0.29, 0.717) is 6.42 Å². The molecule has 23 heavy (non-hydrogen) atoms. The third-order valence-electron chi connectivity index (χ3n) is 4.19. The molecule has 0 bridgehead atoms. The Morgan fingerprint density at radius 2 is 1.61 bits per heavy atom. The Hall–Kier alpha value is -2.61. The van der Waals surface area contributed by atoms with Gasteiger partial charge in [-0.2, -0.15) is 0 Å². The molecule has 0 aliphatic heterocycles. The minimum Gasteiger partial charge on any atom is -0.496 e. The highest BCUT2D eigenvalue weighted by atomic mass is 16.5. The quantitative estimate of drug-likeness (QED) is 0.622. The van der Waals surface area contributed by atoms with Gasteiger partial charge in [-0.05, 0) is 30.4 Å². The Morgan fingerprint density at radius 3 is 2.30 bits per heavy atom. The molecule has 2 heteroatoms. The Morgan fingerprint density at radius 1 is 0.913 bits per heavy atom. The smallest absolute Gasteiger partial charge is 0.163 e. The standard InChI is InChI=1S/C21H20O2/c1-15-7-9-17(10-8-15)20(22)13-11-16-12-14-21(23-2)19-6-4-3-5-18(16)19/h3-10,12,14H,11,13H2,1-2H3. The highest BCUT2D eigenvalue weighted by molar-refractivity contribution is 5.97. The Kier molecular flexibility index (Phi) is 4.42. The third kappa shape index (κ3) is 3.26. The zero-order valence-corrected chi connectivity index (χ0v) is 13.5. The number of hydrogen-bond donors (Lipinski definition) is 0. The molecule has 0 amide bonds. The fraction of sp³-hybridized carbons (Fsp3) is 0.190. The van der Waals surface area contributed by atoms with E-state index in [1.807, 2.05) is 49.4 Å². The maximum absolute atomic E-state index is 12.4. The van der Waals surface area contributed by atoms with Crippen LogP contribution in [0, 0.1) is 6.92 Å². The lowest BCUT2D eigenvalue weighted by atomic mass is 9.97. The van der Waals surface area contributed by atoms with Crippen molar-refractivity contribution >= 4 is 16.6 Å². The van der Waals surface area contributed by atoms with Gasteiger partial charge in [-0.25, -0.2) is 0 Å². The maximum Gasteiger partial charge on any atom is 0.163 e. The number of benzene rings is 3. The van der Waals surface area contributed by atoms with E-state index in [1.165, 1.54) is 11.1 Å². The molecule has 2 nitrogen and oxygen atoms in total. The SMILES string of the molecule is COc1ccc(CCC(=O)c2ccc(C)cc2)c2ccccc12. The van der Waals surface area contributed by atoms with E-state index >= 15 is 0 Å². The molecule has 0 spiro atoms. The second-order valence-electron chi connectivity index (χ2n) is 5.76. The van der Waals surface area contributed by atoms with Crippen molar-refractivity contribution in [2.75, 3.05) is 7.11 Å². The van der Waals surface area contributed by atoms with Crippen LogP contribution in [0.5, 0.6) is 5.75 Å². The summed E-state index contributed by atoms with van der Waals surface area (Å²) in [4.78, 5) is 12.4. The Labute approximate surface area is 136 Å². The van der Waals surface area contributed by atoms with Crippen molar-refractivity contribution in [1.82, 2.24) is 0 Å². The number of ether oxygens (including phenoxy) is 1. The molecule has 3 aromatic rings. The number of fused-ring (bicyclic) bond motifs is 1. The van der Waals surface area contributed by atoms with Gasteiger partial charge in [0.05, 0.1) is 7.11 Å². The van der Waals surface area contributed by atoms with Crippen molar-refractivity contribution in [2.24, 2.45) is 0 Å². The molecule has 0 N–H and O–H groups in total. The molecule has 0 radical (unpaired) electrons. The van der Waals surface area contributed by atoms with Gasteiger partial charge < -0.3 is 4.74 Å². The van der Waals surface area contributed by atoms with E-state index in [1.54, 1.807) is 7.11 Å². The van der Waals surface area contributed by atoms with E-state index in [0.717, 1.165) is 28.5 Å². The van der Waals surface area contributed by atoms with Crippen LogP contribution in [-0.4, -0.2) is 12.9 Å². The summed E-state index contributed by atoms with van der Waals surface area (Å²) in [6.45, 7) is 2.03. The number of methoxy groups -OCH3 is 1. The summed E-state index contributed by atoms with van der Waals surface area (Å²) in [5.74, 6) is 1.05. The van der Waals surface area contributed by atoms with Gasteiger partial charge in [0.1, 0.15) is 5.75 Å². The van der Waals surface area contributed by atoms with Crippen molar-refractivity contribution < 1.29 is 9.53 Å². The first kappa shape index (κ1) is 15.3. The summed E-state index contributed by atoms with van der Waals surface area (Å²) >= 11 is 0. The fourth-order valence-electron chi connectivity index (χ4n) is 2.86. The normalized spacial score (nSPS) is 10.7. The largest absolute Gasteiger partial charge is 0.496 e. The van der Waals surface area contributed by atoms with Gasteiger partial charge in [0.25, 0.3) is 0 Å². The minimum atomic E-state index is 0.185. The summed E-state index contributed by atoms with van der Waals surface area (Å²) in [5.41, 5.74) is 3.14. The van der Waals surface area contributed by atoms with Gasteiger partial charge in [0, 0.05) is 17.4 Å². The molecule has 116 valence electrons. The first-order chi connectivity index (χ1) is 11.2. The molecule has 0 aliphatic carbocycles. The number of carbonyl (C=O) groups excluding carboxylic acids is 1. The molecule has 3 rings (SSSR count). The molecule has 0 atom stereocenters. The Bertz CT molecular complexity index is 832.